The maximum absolute atomic E-state index is 9.97. The lowest BCUT2D eigenvalue weighted by Gasteiger charge is -2.64. The molecule has 4 fully saturated rings. The van der Waals surface area contributed by atoms with E-state index in [0.29, 0.717) is 29.1 Å². The summed E-state index contributed by atoms with van der Waals surface area (Å²) in [6, 6.07) is 8.15. The monoisotopic (exact) mass is 891 g/mol. The van der Waals surface area contributed by atoms with E-state index in [2.05, 4.69) is 112 Å². The molecule has 63 heavy (non-hydrogen) atoms. The van der Waals surface area contributed by atoms with Crippen LogP contribution in [0.5, 0.6) is 0 Å². The highest BCUT2D eigenvalue weighted by Gasteiger charge is 2.64. The molecule has 6 heteroatoms. The van der Waals surface area contributed by atoms with Gasteiger partial charge in [0.2, 0.25) is 0 Å². The summed E-state index contributed by atoms with van der Waals surface area (Å²) < 4.78 is 0. The van der Waals surface area contributed by atoms with Crippen LogP contribution >= 0.6 is 11.6 Å². The summed E-state index contributed by atoms with van der Waals surface area (Å²) in [7, 11) is 3.01. The van der Waals surface area contributed by atoms with Gasteiger partial charge in [-0.15, -0.1) is 13.2 Å². The summed E-state index contributed by atoms with van der Waals surface area (Å²) >= 11 is 6.26. The van der Waals surface area contributed by atoms with Crippen LogP contribution in [0, 0.1) is 57.2 Å². The molecule has 0 bridgehead atoms. The van der Waals surface area contributed by atoms with E-state index in [1.54, 1.807) is 25.0 Å². The van der Waals surface area contributed by atoms with E-state index in [1.807, 2.05) is 38.6 Å². The van der Waals surface area contributed by atoms with E-state index >= 15 is 0 Å². The van der Waals surface area contributed by atoms with E-state index in [1.165, 1.54) is 70.0 Å². The summed E-state index contributed by atoms with van der Waals surface area (Å²) in [4.78, 5) is 17.4. The molecule has 5 aliphatic rings. The number of carbonyl (C=O) groups excluding carboxylic acids is 1. The SMILES string of the molecule is C=C.C=C(O)C(C)(C)CC=O.C=C(c1ccc(Cl)cc1)N(CC)C(CC12CCC3C(CCC4C5(C)CCC(C)C5CCC34C)C1=C(C(C)C)/C(=C\CC)C2)=NC.CC.CCC.CO. The normalized spacial score (nSPS) is 29.7. The largest absolute Gasteiger partial charge is 0.512 e. The third kappa shape index (κ3) is 12.7. The number of aldehydes is 1. The van der Waals surface area contributed by atoms with Crippen molar-refractivity contribution in [2.24, 2.45) is 62.2 Å². The van der Waals surface area contributed by atoms with Crippen LogP contribution in [-0.2, 0) is 4.79 Å². The average Bonchev–Trinajstić information content (AvgIpc) is 3.76. The molecule has 4 saturated carbocycles. The molecule has 0 radical (unpaired) electrons. The molecule has 0 aliphatic heterocycles. The molecule has 6 rings (SSSR count). The number of rotatable bonds is 10. The molecule has 0 spiro atoms. The van der Waals surface area contributed by atoms with E-state index in [4.69, 9.17) is 26.8 Å². The number of aliphatic hydroxyl groups excluding tert-OH is 2. The molecular weight excluding hydrogens is 796 g/mol. The van der Waals surface area contributed by atoms with Gasteiger partial charge in [-0.05, 0) is 146 Å². The maximum atomic E-state index is 9.97. The topological polar surface area (TPSA) is 73.1 Å². The van der Waals surface area contributed by atoms with Crippen LogP contribution in [0.3, 0.4) is 0 Å². The maximum Gasteiger partial charge on any atom is 0.120 e. The van der Waals surface area contributed by atoms with Gasteiger partial charge in [-0.1, -0.05) is 138 Å². The van der Waals surface area contributed by atoms with Gasteiger partial charge >= 0.3 is 0 Å². The first kappa shape index (κ1) is 58.1. The number of amidine groups is 1. The molecule has 0 heterocycles. The fourth-order valence-electron chi connectivity index (χ4n) is 12.9. The van der Waals surface area contributed by atoms with Crippen molar-refractivity contribution in [3.8, 4) is 0 Å². The van der Waals surface area contributed by atoms with Gasteiger partial charge in [-0.2, -0.15) is 0 Å². The zero-order valence-corrected chi connectivity index (χ0v) is 44.0. The number of halogens is 1. The standard InChI is InChI=1S/C42H61ClN2.C7H12O2.C3H8.C2H6.C2H4.CH4O/c1-10-12-31-25-42(26-37(44-9)45(11-2)29(6)30-13-15-32(43)16-14-30)24-21-35-33(39(42)38(31)27(3)4)17-18-36-40(7)22-19-28(5)34(40)20-23-41(35,36)8;1-6(9)7(2,3)4-5-8;1-3-2;3*1-2/h12-16,27-28,33-36H,6,10-11,17-26H2,1-5,7-9H3;5,9H,1,4H2,2-3H3;3H2,1-2H3;1-2H3;1-2H2;2H,1H3/b31-12-,44-37?;;;;;. The van der Waals surface area contributed by atoms with Crippen LogP contribution in [0.15, 0.2) is 84.1 Å². The Bertz CT molecular complexity index is 1690. The van der Waals surface area contributed by atoms with E-state index in [0.717, 1.165) is 72.7 Å². The summed E-state index contributed by atoms with van der Waals surface area (Å²) in [6.07, 6.45) is 19.6. The highest BCUT2D eigenvalue weighted by molar-refractivity contribution is 6.30. The molecule has 5 nitrogen and oxygen atoms in total. The number of aliphatic imine (C=N–C) groups is 1. The van der Waals surface area contributed by atoms with Crippen LogP contribution in [0.4, 0.5) is 0 Å². The first-order valence-electron chi connectivity index (χ1n) is 24.7. The van der Waals surface area contributed by atoms with E-state index in [9.17, 15) is 4.79 Å². The predicted molar refractivity (Wildman–Crippen MR) is 277 cm³/mol. The lowest BCUT2D eigenvalue weighted by molar-refractivity contribution is -0.132. The zero-order chi connectivity index (χ0) is 48.5. The first-order valence-corrected chi connectivity index (χ1v) is 25.1. The minimum Gasteiger partial charge on any atom is -0.512 e. The van der Waals surface area contributed by atoms with Gasteiger partial charge in [-0.3, -0.25) is 4.99 Å². The molecular formula is C57H95ClN2O3. The Labute approximate surface area is 393 Å². The van der Waals surface area contributed by atoms with Gasteiger partial charge in [0, 0.05) is 55.1 Å². The molecule has 5 aliphatic carbocycles. The smallest absolute Gasteiger partial charge is 0.120 e. The lowest BCUT2D eigenvalue weighted by atomic mass is 9.40. The van der Waals surface area contributed by atoms with Crippen molar-refractivity contribution in [2.75, 3.05) is 20.7 Å². The Kier molecular flexibility index (Phi) is 24.3. The number of nitrogens with zero attached hydrogens (tertiary/aromatic N) is 2. The van der Waals surface area contributed by atoms with Crippen LogP contribution in [0.1, 0.15) is 179 Å². The Hall–Kier alpha value is -2.89. The fraction of sp³-hybridized carbons (Fsp3) is 0.684. The minimum absolute atomic E-state index is 0.0644. The number of hydrogen-bond acceptors (Lipinski definition) is 4. The van der Waals surface area contributed by atoms with Crippen molar-refractivity contribution in [1.82, 2.24) is 4.90 Å². The molecule has 0 saturated heterocycles. The number of fused-ring (bicyclic) bond motifs is 7. The molecule has 0 amide bonds. The van der Waals surface area contributed by atoms with Crippen molar-refractivity contribution < 1.29 is 15.0 Å². The van der Waals surface area contributed by atoms with Crippen LogP contribution in [0.25, 0.3) is 5.70 Å². The second kappa shape index (κ2) is 26.3. The van der Waals surface area contributed by atoms with Crippen LogP contribution in [-0.4, -0.2) is 47.9 Å². The van der Waals surface area contributed by atoms with Crippen molar-refractivity contribution in [1.29, 1.82) is 0 Å². The molecule has 8 atom stereocenters. The van der Waals surface area contributed by atoms with E-state index < -0.39 is 5.41 Å². The summed E-state index contributed by atoms with van der Waals surface area (Å²) in [6.45, 7) is 44.2. The highest BCUT2D eigenvalue weighted by atomic mass is 35.5. The Morgan fingerprint density at radius 2 is 1.48 bits per heavy atom. The second-order valence-electron chi connectivity index (χ2n) is 20.1. The van der Waals surface area contributed by atoms with Crippen molar-refractivity contribution in [2.45, 2.75) is 173 Å². The van der Waals surface area contributed by atoms with Gasteiger partial charge in [0.25, 0.3) is 0 Å². The van der Waals surface area contributed by atoms with Crippen molar-refractivity contribution in [3.05, 3.63) is 89.7 Å². The molecule has 8 unspecified atom stereocenters. The van der Waals surface area contributed by atoms with Gasteiger partial charge in [0.1, 0.15) is 12.1 Å². The Balaban J connectivity index is 0.000000948. The molecule has 358 valence electrons. The number of carbonyl (C=O) groups is 1. The Morgan fingerprint density at radius 3 is 1.95 bits per heavy atom. The second-order valence-corrected chi connectivity index (χ2v) is 20.5. The van der Waals surface area contributed by atoms with Crippen molar-refractivity contribution in [3.63, 3.8) is 0 Å². The van der Waals surface area contributed by atoms with Gasteiger partial charge < -0.3 is 19.9 Å². The first-order chi connectivity index (χ1) is 29.9. The number of hydrogen-bond donors (Lipinski definition) is 2. The predicted octanol–water partition coefficient (Wildman–Crippen LogP) is 16.5. The summed E-state index contributed by atoms with van der Waals surface area (Å²) in [5, 5.41) is 16.6. The summed E-state index contributed by atoms with van der Waals surface area (Å²) in [5.41, 5.74) is 8.14. The fourth-order valence-corrected chi connectivity index (χ4v) is 13.0. The third-order valence-electron chi connectivity index (χ3n) is 15.7. The van der Waals surface area contributed by atoms with E-state index in [-0.39, 0.29) is 11.2 Å². The molecule has 0 aromatic heterocycles. The van der Waals surface area contributed by atoms with Crippen LogP contribution in [0.2, 0.25) is 5.02 Å². The number of benzene rings is 1. The Morgan fingerprint density at radius 1 is 0.937 bits per heavy atom. The summed E-state index contributed by atoms with van der Waals surface area (Å²) in [5.74, 6) is 6.10. The molecule has 1 aromatic carbocycles. The highest BCUT2D eigenvalue weighted by Crippen LogP contribution is 2.73. The number of aliphatic hydroxyl groups is 2. The van der Waals surface area contributed by atoms with Gasteiger partial charge in [0.05, 0.1) is 5.76 Å². The molecule has 2 N–H and O–H groups in total. The zero-order valence-electron chi connectivity index (χ0n) is 43.2. The third-order valence-corrected chi connectivity index (χ3v) is 15.9. The van der Waals surface area contributed by atoms with Gasteiger partial charge in [-0.25, -0.2) is 0 Å². The minimum atomic E-state index is -0.457. The quantitative estimate of drug-likeness (QED) is 0.0807. The van der Waals surface area contributed by atoms with Gasteiger partial charge in [0.15, 0.2) is 0 Å². The average molecular weight is 892 g/mol. The molecule has 1 aromatic rings. The van der Waals surface area contributed by atoms with Crippen LogP contribution < -0.4 is 0 Å². The number of allylic oxidation sites excluding steroid dienone is 5. The lowest BCUT2D eigenvalue weighted by Crippen LogP contribution is -2.57. The van der Waals surface area contributed by atoms with Crippen molar-refractivity contribution >= 4 is 29.4 Å².